The molecule has 3 heterocycles. The number of rotatable bonds is 2. The Kier molecular flexibility index (Phi) is 3.48. The van der Waals surface area contributed by atoms with Gasteiger partial charge in [-0.05, 0) is 18.6 Å². The normalized spacial score (nSPS) is 33.1. The van der Waals surface area contributed by atoms with Gasteiger partial charge < -0.3 is 19.7 Å². The molecule has 0 aliphatic carbocycles. The highest BCUT2D eigenvalue weighted by Crippen LogP contribution is 2.42. The van der Waals surface area contributed by atoms with Crippen LogP contribution in [0.3, 0.4) is 0 Å². The second-order valence-corrected chi connectivity index (χ2v) is 8.39. The lowest BCUT2D eigenvalue weighted by molar-refractivity contribution is -0.0869. The van der Waals surface area contributed by atoms with Gasteiger partial charge in [0.2, 0.25) is 10.0 Å². The maximum Gasteiger partial charge on any atom is 0.322 e. The lowest BCUT2D eigenvalue weighted by Crippen LogP contribution is -2.57. The van der Waals surface area contributed by atoms with Crippen LogP contribution >= 0.6 is 0 Å². The minimum Gasteiger partial charge on any atom is -0.497 e. The lowest BCUT2D eigenvalue weighted by atomic mass is 10.00. The molecule has 3 saturated heterocycles. The summed E-state index contributed by atoms with van der Waals surface area (Å²) in [6.07, 6.45) is 0.190. The van der Waals surface area contributed by atoms with E-state index < -0.39 is 20.9 Å². The van der Waals surface area contributed by atoms with Gasteiger partial charge in [-0.15, -0.1) is 0 Å². The number of anilines is 1. The molecule has 3 atom stereocenters. The number of nitrogens with zero attached hydrogens (tertiary/aromatic N) is 1. The molecule has 0 unspecified atom stereocenters. The second kappa shape index (κ2) is 5.33. The average Bonchev–Trinajstić information content (AvgIpc) is 2.96. The standard InChI is InChI=1S/C15H19N3O5S/c1-22-11-4-2-3-10(5-11)17-14(19)18-7-12-6-13-15(9-18,23-12)8-16-24(13,20)21/h2-5,12-13,16H,6-9H2,1H3,(H,17,19)/t12-,13+,15-/m1/s1. The predicted molar refractivity (Wildman–Crippen MR) is 86.5 cm³/mol. The second-order valence-electron chi connectivity index (χ2n) is 6.44. The van der Waals surface area contributed by atoms with Crippen molar-refractivity contribution in [3.05, 3.63) is 24.3 Å². The van der Waals surface area contributed by atoms with E-state index in [-0.39, 0.29) is 25.2 Å². The first-order valence-corrected chi connectivity index (χ1v) is 9.33. The summed E-state index contributed by atoms with van der Waals surface area (Å²) >= 11 is 0. The SMILES string of the molecule is COc1cccc(NC(=O)N2C[C@H]3C[C@H]4[C@@](CNS4(=O)=O)(C2)O3)c1. The number of nitrogens with one attached hydrogen (secondary N) is 2. The van der Waals surface area contributed by atoms with Crippen LogP contribution in [0.5, 0.6) is 5.75 Å². The Hall–Kier alpha value is -1.84. The van der Waals surface area contributed by atoms with Gasteiger partial charge in [-0.1, -0.05) is 6.07 Å². The van der Waals surface area contributed by atoms with Crippen molar-refractivity contribution >= 4 is 21.7 Å². The Morgan fingerprint density at radius 3 is 3.12 bits per heavy atom. The zero-order chi connectivity index (χ0) is 16.9. The summed E-state index contributed by atoms with van der Waals surface area (Å²) in [5.74, 6) is 0.652. The molecule has 2 amide bonds. The molecular formula is C15H19N3O5S. The Morgan fingerprint density at radius 2 is 2.33 bits per heavy atom. The van der Waals surface area contributed by atoms with Gasteiger partial charge in [0.25, 0.3) is 0 Å². The summed E-state index contributed by atoms with van der Waals surface area (Å²) in [7, 11) is -1.79. The number of likely N-dealkylation sites (tertiary alicyclic amines) is 1. The van der Waals surface area contributed by atoms with Crippen molar-refractivity contribution in [2.75, 3.05) is 32.1 Å². The van der Waals surface area contributed by atoms with Gasteiger partial charge in [-0.3, -0.25) is 0 Å². The summed E-state index contributed by atoms with van der Waals surface area (Å²) < 4.78 is 37.8. The molecule has 2 bridgehead atoms. The molecule has 3 aliphatic heterocycles. The predicted octanol–water partition coefficient (Wildman–Crippen LogP) is 0.372. The molecule has 3 aliphatic rings. The fourth-order valence-electron chi connectivity index (χ4n) is 3.80. The number of morpholine rings is 1. The topological polar surface area (TPSA) is 97.0 Å². The number of urea groups is 1. The molecule has 0 radical (unpaired) electrons. The van der Waals surface area contributed by atoms with E-state index in [9.17, 15) is 13.2 Å². The van der Waals surface area contributed by atoms with Crippen LogP contribution in [-0.2, 0) is 14.8 Å². The van der Waals surface area contributed by atoms with Crippen molar-refractivity contribution in [1.29, 1.82) is 0 Å². The van der Waals surface area contributed by atoms with Crippen LogP contribution in [-0.4, -0.2) is 63.0 Å². The van der Waals surface area contributed by atoms with Crippen molar-refractivity contribution in [1.82, 2.24) is 9.62 Å². The highest BCUT2D eigenvalue weighted by atomic mass is 32.2. The third-order valence-electron chi connectivity index (χ3n) is 4.90. The summed E-state index contributed by atoms with van der Waals surface area (Å²) in [6.45, 7) is 0.874. The van der Waals surface area contributed by atoms with Gasteiger partial charge in [-0.2, -0.15) is 0 Å². The molecule has 2 N–H and O–H groups in total. The van der Waals surface area contributed by atoms with E-state index in [1.54, 1.807) is 36.3 Å². The quantitative estimate of drug-likeness (QED) is 0.801. The third kappa shape index (κ3) is 2.43. The zero-order valence-electron chi connectivity index (χ0n) is 13.2. The summed E-state index contributed by atoms with van der Waals surface area (Å²) in [4.78, 5) is 14.2. The summed E-state index contributed by atoms with van der Waals surface area (Å²) in [6, 6.07) is 6.83. The van der Waals surface area contributed by atoms with Crippen LogP contribution in [0, 0.1) is 0 Å². The van der Waals surface area contributed by atoms with E-state index in [0.717, 1.165) is 0 Å². The molecule has 1 aromatic rings. The van der Waals surface area contributed by atoms with Crippen molar-refractivity contribution in [2.24, 2.45) is 0 Å². The van der Waals surface area contributed by atoms with Gasteiger partial charge in [-0.25, -0.2) is 17.9 Å². The van der Waals surface area contributed by atoms with Crippen LogP contribution in [0.25, 0.3) is 0 Å². The summed E-state index contributed by atoms with van der Waals surface area (Å²) in [5, 5.41) is 2.26. The van der Waals surface area contributed by atoms with Crippen LogP contribution in [0.2, 0.25) is 0 Å². The Morgan fingerprint density at radius 1 is 1.50 bits per heavy atom. The minimum absolute atomic E-state index is 0.222. The van der Waals surface area contributed by atoms with E-state index in [4.69, 9.17) is 9.47 Å². The number of amides is 2. The average molecular weight is 353 g/mol. The van der Waals surface area contributed by atoms with Crippen molar-refractivity contribution in [2.45, 2.75) is 23.4 Å². The van der Waals surface area contributed by atoms with Crippen LogP contribution in [0.15, 0.2) is 24.3 Å². The number of hydrogen-bond acceptors (Lipinski definition) is 5. The first-order chi connectivity index (χ1) is 11.4. The summed E-state index contributed by atoms with van der Waals surface area (Å²) in [5.41, 5.74) is -0.197. The number of sulfonamides is 1. The zero-order valence-corrected chi connectivity index (χ0v) is 14.0. The Labute approximate surface area is 140 Å². The molecule has 1 aromatic carbocycles. The molecular weight excluding hydrogens is 334 g/mol. The van der Waals surface area contributed by atoms with Crippen molar-refractivity contribution < 1.29 is 22.7 Å². The number of carbonyl (C=O) groups is 1. The van der Waals surface area contributed by atoms with E-state index in [0.29, 0.717) is 24.4 Å². The molecule has 130 valence electrons. The highest BCUT2D eigenvalue weighted by molar-refractivity contribution is 7.90. The molecule has 1 spiro atoms. The minimum atomic E-state index is -3.35. The van der Waals surface area contributed by atoms with Gasteiger partial charge in [0.05, 0.1) is 19.8 Å². The lowest BCUT2D eigenvalue weighted by Gasteiger charge is -2.38. The van der Waals surface area contributed by atoms with Gasteiger partial charge in [0, 0.05) is 24.8 Å². The number of methoxy groups -OCH3 is 1. The molecule has 0 saturated carbocycles. The van der Waals surface area contributed by atoms with E-state index in [1.165, 1.54) is 0 Å². The molecule has 3 fully saturated rings. The first-order valence-electron chi connectivity index (χ1n) is 7.78. The molecule has 0 aromatic heterocycles. The Balaban J connectivity index is 1.51. The fraction of sp³-hybridized carbons (Fsp3) is 0.533. The fourth-order valence-corrected chi connectivity index (χ4v) is 5.69. The number of fused-ring (bicyclic) bond motifs is 1. The van der Waals surface area contributed by atoms with E-state index >= 15 is 0 Å². The highest BCUT2D eigenvalue weighted by Gasteiger charge is 2.62. The number of ether oxygens (including phenoxy) is 2. The smallest absolute Gasteiger partial charge is 0.322 e. The Bertz CT molecular complexity index is 783. The maximum atomic E-state index is 12.6. The largest absolute Gasteiger partial charge is 0.497 e. The van der Waals surface area contributed by atoms with E-state index in [2.05, 4.69) is 10.0 Å². The third-order valence-corrected chi connectivity index (χ3v) is 6.82. The molecule has 8 nitrogen and oxygen atoms in total. The van der Waals surface area contributed by atoms with Gasteiger partial charge >= 0.3 is 6.03 Å². The number of benzene rings is 1. The van der Waals surface area contributed by atoms with Gasteiger partial charge in [0.1, 0.15) is 16.6 Å². The number of hydrogen-bond donors (Lipinski definition) is 2. The van der Waals surface area contributed by atoms with Crippen molar-refractivity contribution in [3.63, 3.8) is 0 Å². The van der Waals surface area contributed by atoms with Gasteiger partial charge in [0.15, 0.2) is 0 Å². The first kappa shape index (κ1) is 15.7. The van der Waals surface area contributed by atoms with E-state index in [1.807, 2.05) is 0 Å². The van der Waals surface area contributed by atoms with Crippen LogP contribution in [0.1, 0.15) is 6.42 Å². The molecule has 4 rings (SSSR count). The maximum absolute atomic E-state index is 12.6. The molecule has 9 heteroatoms. The van der Waals surface area contributed by atoms with Crippen molar-refractivity contribution in [3.8, 4) is 5.75 Å². The van der Waals surface area contributed by atoms with Crippen LogP contribution in [0.4, 0.5) is 10.5 Å². The number of carbonyl (C=O) groups excluding carboxylic acids is 1. The monoisotopic (exact) mass is 353 g/mol. The van der Waals surface area contributed by atoms with Crippen LogP contribution < -0.4 is 14.8 Å². The molecule has 24 heavy (non-hydrogen) atoms.